The molecule has 0 unspecified atom stereocenters. The predicted octanol–water partition coefficient (Wildman–Crippen LogP) is 3.32. The van der Waals surface area contributed by atoms with Gasteiger partial charge in [0, 0.05) is 29.0 Å². The number of aromatic nitrogens is 2. The Morgan fingerprint density at radius 3 is 2.67 bits per heavy atom. The first-order valence-corrected chi connectivity index (χ1v) is 11.9. The molecule has 1 N–H and O–H groups in total. The summed E-state index contributed by atoms with van der Waals surface area (Å²) in [4.78, 5) is 42.3. The molecule has 1 aromatic carbocycles. The summed E-state index contributed by atoms with van der Waals surface area (Å²) in [5.74, 6) is -0.800. The van der Waals surface area contributed by atoms with Crippen molar-refractivity contribution in [2.75, 3.05) is 0 Å². The summed E-state index contributed by atoms with van der Waals surface area (Å²) in [5.41, 5.74) is 1.20. The van der Waals surface area contributed by atoms with E-state index in [9.17, 15) is 19.5 Å². The first-order chi connectivity index (χ1) is 16.9. The number of fused-ring (bicyclic) bond motifs is 5. The number of rotatable bonds is 4. The molecule has 188 valence electrons. The van der Waals surface area contributed by atoms with Gasteiger partial charge in [-0.1, -0.05) is 6.92 Å². The lowest BCUT2D eigenvalue weighted by molar-refractivity contribution is -0.172. The van der Waals surface area contributed by atoms with Gasteiger partial charge in [0.15, 0.2) is 5.60 Å². The molecule has 0 radical (unpaired) electrons. The number of ether oxygens (including phenoxy) is 3. The Hall–Kier alpha value is -3.56. The number of carbonyl (C=O) groups is 2. The molecule has 0 fully saturated rings. The van der Waals surface area contributed by atoms with Crippen molar-refractivity contribution in [1.29, 1.82) is 0 Å². The van der Waals surface area contributed by atoms with Crippen molar-refractivity contribution in [3.63, 3.8) is 0 Å². The third kappa shape index (κ3) is 3.79. The Morgan fingerprint density at radius 2 is 2.00 bits per heavy atom. The van der Waals surface area contributed by atoms with Crippen LogP contribution in [0.15, 0.2) is 29.1 Å². The number of hydrogen-bond donors (Lipinski definition) is 1. The summed E-state index contributed by atoms with van der Waals surface area (Å²) >= 11 is 0. The molecule has 2 aromatic heterocycles. The zero-order valence-corrected chi connectivity index (χ0v) is 20.9. The maximum atomic E-state index is 13.4. The maximum absolute atomic E-state index is 13.4. The lowest BCUT2D eigenvalue weighted by Gasteiger charge is -2.31. The minimum Gasteiger partial charge on any atom is -0.458 e. The van der Waals surface area contributed by atoms with E-state index in [4.69, 9.17) is 19.2 Å². The van der Waals surface area contributed by atoms with E-state index < -0.39 is 23.1 Å². The van der Waals surface area contributed by atoms with Crippen LogP contribution < -0.4 is 10.3 Å². The minimum absolute atomic E-state index is 0.0792. The summed E-state index contributed by atoms with van der Waals surface area (Å²) in [6, 6.07) is 7.06. The van der Waals surface area contributed by atoms with Crippen LogP contribution in [0.1, 0.15) is 63.3 Å². The van der Waals surface area contributed by atoms with Crippen LogP contribution in [-0.2, 0) is 44.4 Å². The zero-order valence-electron chi connectivity index (χ0n) is 20.9. The number of aliphatic hydroxyl groups is 1. The Kier molecular flexibility index (Phi) is 5.53. The second-order valence-electron chi connectivity index (χ2n) is 10.2. The summed E-state index contributed by atoms with van der Waals surface area (Å²) in [6.45, 7) is 9.13. The molecule has 3 aromatic rings. The SMILES string of the molecule is CC[C@@]1(O)C(=O)OCc2c1cc1n(c2=O)Cc2cc3c(COC(C)(C)C)c(OC(C)=O)ccc3nc2-1. The van der Waals surface area contributed by atoms with Gasteiger partial charge in [0.05, 0.1) is 41.2 Å². The normalized spacial score (nSPS) is 18.4. The smallest absolute Gasteiger partial charge is 0.343 e. The Balaban J connectivity index is 1.69. The second kappa shape index (κ2) is 8.25. The number of benzene rings is 1. The van der Waals surface area contributed by atoms with Crippen molar-refractivity contribution in [2.45, 2.75) is 72.0 Å². The van der Waals surface area contributed by atoms with Gasteiger partial charge in [0.25, 0.3) is 5.56 Å². The number of cyclic esters (lactones) is 1. The highest BCUT2D eigenvalue weighted by molar-refractivity contribution is 5.90. The van der Waals surface area contributed by atoms with Crippen LogP contribution in [0.2, 0.25) is 0 Å². The number of esters is 2. The van der Waals surface area contributed by atoms with Crippen molar-refractivity contribution >= 4 is 22.8 Å². The fourth-order valence-corrected chi connectivity index (χ4v) is 4.78. The molecule has 5 rings (SSSR count). The molecule has 1 atom stereocenters. The molecular weight excluding hydrogens is 464 g/mol. The number of hydrogen-bond acceptors (Lipinski definition) is 8. The monoisotopic (exact) mass is 492 g/mol. The highest BCUT2D eigenvalue weighted by atomic mass is 16.6. The van der Waals surface area contributed by atoms with Crippen LogP contribution in [0.4, 0.5) is 0 Å². The summed E-state index contributed by atoms with van der Waals surface area (Å²) in [5, 5.41) is 11.8. The maximum Gasteiger partial charge on any atom is 0.343 e. The van der Waals surface area contributed by atoms with Gasteiger partial charge in [-0.3, -0.25) is 9.59 Å². The highest BCUT2D eigenvalue weighted by Crippen LogP contribution is 2.40. The largest absolute Gasteiger partial charge is 0.458 e. The molecule has 36 heavy (non-hydrogen) atoms. The molecule has 0 bridgehead atoms. The van der Waals surface area contributed by atoms with Crippen molar-refractivity contribution in [2.24, 2.45) is 0 Å². The van der Waals surface area contributed by atoms with Crippen LogP contribution in [0.25, 0.3) is 22.3 Å². The van der Waals surface area contributed by atoms with Gasteiger partial charge in [-0.15, -0.1) is 0 Å². The van der Waals surface area contributed by atoms with Gasteiger partial charge in [-0.05, 0) is 51.5 Å². The van der Waals surface area contributed by atoms with E-state index >= 15 is 0 Å². The molecule has 0 saturated heterocycles. The Bertz CT molecular complexity index is 1500. The summed E-state index contributed by atoms with van der Waals surface area (Å²) in [7, 11) is 0. The highest BCUT2D eigenvalue weighted by Gasteiger charge is 2.45. The summed E-state index contributed by atoms with van der Waals surface area (Å²) in [6.07, 6.45) is 0.0792. The molecule has 4 heterocycles. The molecular formula is C27H28N2O7. The molecule has 0 amide bonds. The van der Waals surface area contributed by atoms with E-state index in [-0.39, 0.29) is 42.9 Å². The topological polar surface area (TPSA) is 117 Å². The van der Waals surface area contributed by atoms with E-state index in [2.05, 4.69) is 0 Å². The van der Waals surface area contributed by atoms with Crippen LogP contribution in [0.3, 0.4) is 0 Å². The van der Waals surface area contributed by atoms with Gasteiger partial charge in [-0.2, -0.15) is 0 Å². The molecule has 0 saturated carbocycles. The van der Waals surface area contributed by atoms with Gasteiger partial charge < -0.3 is 23.9 Å². The standard InChI is InChI=1S/C27H28N2O7/c1-6-27(33)19-10-21-23-15(11-29(21)24(31)18(19)12-34-25(27)32)9-16-17(13-35-26(3,4)5)22(36-14(2)30)8-7-20(16)28-23/h7-10,33H,6,11-13H2,1-5H3/t27-/m0/s1. The first-order valence-electron chi connectivity index (χ1n) is 11.9. The van der Waals surface area contributed by atoms with E-state index in [1.165, 1.54) is 6.92 Å². The fraction of sp³-hybridized carbons (Fsp3) is 0.407. The van der Waals surface area contributed by atoms with Crippen molar-refractivity contribution in [1.82, 2.24) is 9.55 Å². The summed E-state index contributed by atoms with van der Waals surface area (Å²) < 4.78 is 18.2. The lowest BCUT2D eigenvalue weighted by Crippen LogP contribution is -2.44. The van der Waals surface area contributed by atoms with E-state index in [0.717, 1.165) is 10.9 Å². The van der Waals surface area contributed by atoms with Gasteiger partial charge in [0.2, 0.25) is 0 Å². The van der Waals surface area contributed by atoms with Gasteiger partial charge in [-0.25, -0.2) is 9.78 Å². The average Bonchev–Trinajstić information content (AvgIpc) is 3.16. The molecule has 0 aliphatic carbocycles. The Morgan fingerprint density at radius 1 is 1.25 bits per heavy atom. The molecule has 2 aliphatic rings. The second-order valence-corrected chi connectivity index (χ2v) is 10.2. The van der Waals surface area contributed by atoms with Gasteiger partial charge >= 0.3 is 11.9 Å². The van der Waals surface area contributed by atoms with Crippen molar-refractivity contribution < 1.29 is 28.9 Å². The molecule has 9 heteroatoms. The third-order valence-electron chi connectivity index (χ3n) is 6.66. The number of pyridine rings is 2. The molecule has 0 spiro atoms. The van der Waals surface area contributed by atoms with E-state index in [1.807, 2.05) is 26.8 Å². The molecule has 9 nitrogen and oxygen atoms in total. The van der Waals surface area contributed by atoms with Crippen molar-refractivity contribution in [3.05, 3.63) is 56.9 Å². The van der Waals surface area contributed by atoms with Gasteiger partial charge in [0.1, 0.15) is 12.4 Å². The van der Waals surface area contributed by atoms with Crippen molar-refractivity contribution in [3.8, 4) is 17.1 Å². The lowest BCUT2D eigenvalue weighted by atomic mass is 9.86. The average molecular weight is 493 g/mol. The van der Waals surface area contributed by atoms with E-state index in [0.29, 0.717) is 28.2 Å². The fourth-order valence-electron chi connectivity index (χ4n) is 4.78. The first kappa shape index (κ1) is 24.1. The Labute approximate surface area is 207 Å². The van der Waals surface area contributed by atoms with Crippen LogP contribution in [-0.4, -0.2) is 32.2 Å². The minimum atomic E-state index is -1.88. The number of nitrogens with zero attached hydrogens (tertiary/aromatic N) is 2. The number of carbonyl (C=O) groups excluding carboxylic acids is 2. The van der Waals surface area contributed by atoms with Crippen LogP contribution >= 0.6 is 0 Å². The quantitative estimate of drug-likeness (QED) is 0.341. The van der Waals surface area contributed by atoms with Crippen LogP contribution in [0.5, 0.6) is 5.75 Å². The zero-order chi connectivity index (χ0) is 26.0. The predicted molar refractivity (Wildman–Crippen MR) is 130 cm³/mol. The van der Waals surface area contributed by atoms with Crippen LogP contribution in [0, 0.1) is 0 Å². The third-order valence-corrected chi connectivity index (χ3v) is 6.66. The van der Waals surface area contributed by atoms with E-state index in [1.54, 1.807) is 29.7 Å². The molecule has 2 aliphatic heterocycles.